The molecule has 1 amide bonds. The number of aromatic amines is 1. The van der Waals surface area contributed by atoms with E-state index in [0.717, 1.165) is 54.3 Å². The van der Waals surface area contributed by atoms with Crippen molar-refractivity contribution in [1.82, 2.24) is 14.9 Å². The molecule has 1 aliphatic heterocycles. The maximum Gasteiger partial charge on any atom is 0.248 e. The molecule has 168 valence electrons. The van der Waals surface area contributed by atoms with Gasteiger partial charge in [0.25, 0.3) is 0 Å². The van der Waals surface area contributed by atoms with Crippen molar-refractivity contribution in [3.8, 4) is 0 Å². The zero-order valence-electron chi connectivity index (χ0n) is 17.8. The number of H-pyrrole nitrogens is 1. The highest BCUT2D eigenvalue weighted by Gasteiger charge is 2.27. The molecular formula is C25H23F2N5O. The number of fused-ring (bicyclic) bond motifs is 1. The third kappa shape index (κ3) is 4.29. The number of nitrogens with two attached hydrogens (primary N) is 1. The van der Waals surface area contributed by atoms with E-state index in [4.69, 9.17) is 5.73 Å². The van der Waals surface area contributed by atoms with Crippen molar-refractivity contribution in [2.45, 2.75) is 6.04 Å². The van der Waals surface area contributed by atoms with Crippen LogP contribution in [0.5, 0.6) is 0 Å². The summed E-state index contributed by atoms with van der Waals surface area (Å²) in [5, 5.41) is 0. The fraction of sp³-hybridized carbons (Fsp3) is 0.200. The third-order valence-electron chi connectivity index (χ3n) is 6.10. The molecule has 0 saturated carbocycles. The van der Waals surface area contributed by atoms with Gasteiger partial charge in [-0.25, -0.2) is 13.8 Å². The number of anilines is 1. The van der Waals surface area contributed by atoms with Gasteiger partial charge in [0, 0.05) is 31.7 Å². The number of hydrogen-bond donors (Lipinski definition) is 2. The van der Waals surface area contributed by atoms with E-state index >= 15 is 0 Å². The van der Waals surface area contributed by atoms with Gasteiger partial charge >= 0.3 is 0 Å². The fourth-order valence-electron chi connectivity index (χ4n) is 4.40. The van der Waals surface area contributed by atoms with Gasteiger partial charge in [0.15, 0.2) is 0 Å². The molecule has 8 heteroatoms. The van der Waals surface area contributed by atoms with E-state index in [1.54, 1.807) is 42.5 Å². The normalized spacial score (nSPS) is 14.8. The fourth-order valence-corrected chi connectivity index (χ4v) is 4.40. The van der Waals surface area contributed by atoms with E-state index in [2.05, 4.69) is 19.8 Å². The van der Waals surface area contributed by atoms with Crippen LogP contribution in [0.4, 0.5) is 14.7 Å². The number of amides is 1. The third-order valence-corrected chi connectivity index (χ3v) is 6.10. The van der Waals surface area contributed by atoms with Gasteiger partial charge in [0.05, 0.1) is 17.1 Å². The van der Waals surface area contributed by atoms with Crippen LogP contribution in [0, 0.1) is 11.6 Å². The first-order chi connectivity index (χ1) is 16.0. The number of piperazine rings is 1. The van der Waals surface area contributed by atoms with E-state index in [1.165, 1.54) is 24.3 Å². The molecule has 6 nitrogen and oxygen atoms in total. The summed E-state index contributed by atoms with van der Waals surface area (Å²) in [7, 11) is 0. The molecule has 1 fully saturated rings. The van der Waals surface area contributed by atoms with Crippen molar-refractivity contribution < 1.29 is 13.6 Å². The van der Waals surface area contributed by atoms with Gasteiger partial charge in [0.1, 0.15) is 11.6 Å². The Morgan fingerprint density at radius 2 is 1.45 bits per heavy atom. The van der Waals surface area contributed by atoms with Crippen molar-refractivity contribution in [2.24, 2.45) is 5.73 Å². The number of carbonyl (C=O) groups is 1. The van der Waals surface area contributed by atoms with Crippen LogP contribution in [-0.2, 0) is 0 Å². The molecule has 1 saturated heterocycles. The quantitative estimate of drug-likeness (QED) is 0.487. The average molecular weight is 447 g/mol. The maximum absolute atomic E-state index is 13.5. The highest BCUT2D eigenvalue weighted by atomic mass is 19.1. The Balaban J connectivity index is 1.37. The standard InChI is InChI=1S/C25H23F2N5O/c26-19-6-1-16(2-7-19)23(17-3-8-20(27)9-4-17)31-11-13-32(14-12-31)25-29-21-10-5-18(24(28)33)15-22(21)30-25/h1-10,15,23H,11-14H2,(H2,28,33)(H,29,30). The largest absolute Gasteiger partial charge is 0.366 e. The molecule has 1 aliphatic rings. The Kier molecular flexibility index (Phi) is 5.51. The SMILES string of the molecule is NC(=O)c1ccc2nc(N3CCN(C(c4ccc(F)cc4)c4ccc(F)cc4)CC3)[nH]c2c1. The lowest BCUT2D eigenvalue weighted by Gasteiger charge is -2.39. The summed E-state index contributed by atoms with van der Waals surface area (Å²) in [5.41, 5.74) is 9.26. The summed E-state index contributed by atoms with van der Waals surface area (Å²) in [5.74, 6) is -0.308. The van der Waals surface area contributed by atoms with Gasteiger partial charge in [-0.05, 0) is 53.6 Å². The Bertz CT molecular complexity index is 1230. The second-order valence-corrected chi connectivity index (χ2v) is 8.19. The Morgan fingerprint density at radius 3 is 2.00 bits per heavy atom. The van der Waals surface area contributed by atoms with Crippen LogP contribution in [0.2, 0.25) is 0 Å². The molecule has 1 aromatic heterocycles. The minimum atomic E-state index is -0.478. The minimum absolute atomic E-state index is 0.109. The van der Waals surface area contributed by atoms with Crippen molar-refractivity contribution in [3.63, 3.8) is 0 Å². The van der Waals surface area contributed by atoms with Crippen LogP contribution in [0.25, 0.3) is 11.0 Å². The van der Waals surface area contributed by atoms with E-state index in [1.807, 2.05) is 0 Å². The number of carbonyl (C=O) groups excluding carboxylic acids is 1. The lowest BCUT2D eigenvalue weighted by atomic mass is 9.96. The first-order valence-corrected chi connectivity index (χ1v) is 10.8. The van der Waals surface area contributed by atoms with Gasteiger partial charge in [-0.3, -0.25) is 9.69 Å². The first kappa shape index (κ1) is 21.1. The number of nitrogens with one attached hydrogen (secondary N) is 1. The van der Waals surface area contributed by atoms with Crippen LogP contribution < -0.4 is 10.6 Å². The molecule has 0 atom stereocenters. The van der Waals surface area contributed by atoms with Gasteiger partial charge in [-0.1, -0.05) is 24.3 Å². The molecule has 0 spiro atoms. The molecule has 0 aliphatic carbocycles. The van der Waals surface area contributed by atoms with Crippen LogP contribution in [0.3, 0.4) is 0 Å². The minimum Gasteiger partial charge on any atom is -0.366 e. The number of rotatable bonds is 5. The molecular weight excluding hydrogens is 424 g/mol. The van der Waals surface area contributed by atoms with Crippen LogP contribution >= 0.6 is 0 Å². The van der Waals surface area contributed by atoms with Crippen LogP contribution in [0.1, 0.15) is 27.5 Å². The van der Waals surface area contributed by atoms with E-state index in [0.29, 0.717) is 5.56 Å². The van der Waals surface area contributed by atoms with Crippen molar-refractivity contribution in [1.29, 1.82) is 0 Å². The van der Waals surface area contributed by atoms with Gasteiger partial charge in [-0.15, -0.1) is 0 Å². The number of hydrogen-bond acceptors (Lipinski definition) is 4. The number of aromatic nitrogens is 2. The summed E-state index contributed by atoms with van der Waals surface area (Å²) >= 11 is 0. The predicted octanol–water partition coefficient (Wildman–Crippen LogP) is 3.85. The average Bonchev–Trinajstić information content (AvgIpc) is 3.25. The van der Waals surface area contributed by atoms with Crippen molar-refractivity contribution in [3.05, 3.63) is 95.1 Å². The lowest BCUT2D eigenvalue weighted by molar-refractivity contribution is 0.100. The zero-order valence-corrected chi connectivity index (χ0v) is 17.8. The lowest BCUT2D eigenvalue weighted by Crippen LogP contribution is -2.48. The van der Waals surface area contributed by atoms with Gasteiger partial charge in [0.2, 0.25) is 11.9 Å². The summed E-state index contributed by atoms with van der Waals surface area (Å²) in [6.45, 7) is 2.93. The number of imidazole rings is 1. The van der Waals surface area contributed by atoms with Crippen molar-refractivity contribution >= 4 is 22.9 Å². The smallest absolute Gasteiger partial charge is 0.248 e. The van der Waals surface area contributed by atoms with Crippen molar-refractivity contribution in [2.75, 3.05) is 31.1 Å². The molecule has 5 rings (SSSR count). The van der Waals surface area contributed by atoms with Crippen LogP contribution in [-0.4, -0.2) is 47.0 Å². The molecule has 0 bridgehead atoms. The molecule has 0 radical (unpaired) electrons. The molecule has 3 N–H and O–H groups in total. The number of halogens is 2. The summed E-state index contributed by atoms with van der Waals surface area (Å²) < 4.78 is 27.1. The molecule has 2 heterocycles. The highest BCUT2D eigenvalue weighted by molar-refractivity contribution is 5.96. The molecule has 4 aromatic rings. The van der Waals surface area contributed by atoms with Gasteiger partial charge < -0.3 is 15.6 Å². The van der Waals surface area contributed by atoms with Gasteiger partial charge in [-0.2, -0.15) is 0 Å². The molecule has 3 aromatic carbocycles. The number of benzene rings is 3. The Labute approximate surface area is 189 Å². The first-order valence-electron chi connectivity index (χ1n) is 10.8. The monoisotopic (exact) mass is 447 g/mol. The van der Waals surface area contributed by atoms with E-state index in [-0.39, 0.29) is 17.7 Å². The number of nitrogens with zero attached hydrogens (tertiary/aromatic N) is 3. The van der Waals surface area contributed by atoms with E-state index in [9.17, 15) is 13.6 Å². The number of primary amides is 1. The Hall–Kier alpha value is -3.78. The molecule has 33 heavy (non-hydrogen) atoms. The predicted molar refractivity (Wildman–Crippen MR) is 123 cm³/mol. The Morgan fingerprint density at radius 1 is 0.879 bits per heavy atom. The van der Waals surface area contributed by atoms with Crippen LogP contribution in [0.15, 0.2) is 66.7 Å². The van der Waals surface area contributed by atoms with E-state index < -0.39 is 5.91 Å². The second-order valence-electron chi connectivity index (χ2n) is 8.19. The summed E-state index contributed by atoms with van der Waals surface area (Å²) in [6, 6.07) is 18.0. The maximum atomic E-state index is 13.5. The summed E-state index contributed by atoms with van der Waals surface area (Å²) in [4.78, 5) is 23.9. The molecule has 0 unspecified atom stereocenters. The summed E-state index contributed by atoms with van der Waals surface area (Å²) in [6.07, 6.45) is 0. The zero-order chi connectivity index (χ0) is 22.9. The topological polar surface area (TPSA) is 78.2 Å². The second kappa shape index (κ2) is 8.63. The highest BCUT2D eigenvalue weighted by Crippen LogP contribution is 2.31.